The Morgan fingerprint density at radius 3 is 3.10 bits per heavy atom. The molecule has 5 nitrogen and oxygen atoms in total. The van der Waals surface area contributed by atoms with E-state index in [1.165, 1.54) is 25.8 Å². The van der Waals surface area contributed by atoms with Crippen LogP contribution < -0.4 is 0 Å². The Morgan fingerprint density at radius 2 is 2.29 bits per heavy atom. The van der Waals surface area contributed by atoms with Crippen LogP contribution >= 0.6 is 0 Å². The molecule has 1 aromatic rings. The number of pyridine rings is 1. The quantitative estimate of drug-likeness (QED) is 0.918. The SMILES string of the molecule is CN1CCCC2CN(Cc3cccnc3C(=O)O)CCC21. The number of aromatic nitrogens is 1. The standard InChI is InChI=1S/C16H23N3O2/c1-18-8-3-5-12-10-19(9-6-14(12)18)11-13-4-2-7-17-15(13)16(20)21/h2,4,7,12,14H,3,5-6,8-11H2,1H3,(H,20,21). The first-order valence-corrected chi connectivity index (χ1v) is 7.75. The molecule has 5 heteroatoms. The van der Waals surface area contributed by atoms with Crippen LogP contribution in [-0.2, 0) is 6.54 Å². The Balaban J connectivity index is 1.68. The van der Waals surface area contributed by atoms with E-state index in [4.69, 9.17) is 0 Å². The first-order chi connectivity index (χ1) is 10.1. The van der Waals surface area contributed by atoms with Gasteiger partial charge in [0, 0.05) is 25.3 Å². The Kier molecular flexibility index (Phi) is 4.22. The van der Waals surface area contributed by atoms with E-state index in [1.54, 1.807) is 6.20 Å². The van der Waals surface area contributed by atoms with Crippen molar-refractivity contribution in [3.05, 3.63) is 29.6 Å². The summed E-state index contributed by atoms with van der Waals surface area (Å²) in [5.74, 6) is -0.208. The zero-order valence-electron chi connectivity index (χ0n) is 12.5. The molecule has 0 bridgehead atoms. The summed E-state index contributed by atoms with van der Waals surface area (Å²) in [5.41, 5.74) is 1.02. The Labute approximate surface area is 125 Å². The highest BCUT2D eigenvalue weighted by Crippen LogP contribution is 2.30. The molecule has 0 saturated carbocycles. The fraction of sp³-hybridized carbons (Fsp3) is 0.625. The molecule has 2 unspecified atom stereocenters. The van der Waals surface area contributed by atoms with Crippen LogP contribution in [0, 0.1) is 5.92 Å². The van der Waals surface area contributed by atoms with Gasteiger partial charge < -0.3 is 10.0 Å². The van der Waals surface area contributed by atoms with E-state index in [9.17, 15) is 9.90 Å². The summed E-state index contributed by atoms with van der Waals surface area (Å²) >= 11 is 0. The van der Waals surface area contributed by atoms with Gasteiger partial charge in [-0.05, 0) is 56.9 Å². The second-order valence-electron chi connectivity index (χ2n) is 6.29. The van der Waals surface area contributed by atoms with Crippen LogP contribution in [0.15, 0.2) is 18.3 Å². The van der Waals surface area contributed by atoms with E-state index in [-0.39, 0.29) is 5.69 Å². The summed E-state index contributed by atoms with van der Waals surface area (Å²) < 4.78 is 0. The highest BCUT2D eigenvalue weighted by molar-refractivity contribution is 5.86. The molecule has 114 valence electrons. The van der Waals surface area contributed by atoms with Crippen molar-refractivity contribution < 1.29 is 9.90 Å². The predicted molar refractivity (Wildman–Crippen MR) is 80.2 cm³/mol. The first-order valence-electron chi connectivity index (χ1n) is 7.75. The number of rotatable bonds is 3. The number of hydrogen-bond donors (Lipinski definition) is 1. The molecular formula is C16H23N3O2. The normalized spacial score (nSPS) is 27.3. The number of carbonyl (C=O) groups is 1. The van der Waals surface area contributed by atoms with Gasteiger partial charge in [0.05, 0.1) is 0 Å². The second kappa shape index (κ2) is 6.12. The van der Waals surface area contributed by atoms with Crippen molar-refractivity contribution in [2.45, 2.75) is 31.8 Å². The summed E-state index contributed by atoms with van der Waals surface area (Å²) in [4.78, 5) is 20.1. The van der Waals surface area contributed by atoms with Gasteiger partial charge in [0.2, 0.25) is 0 Å². The zero-order chi connectivity index (χ0) is 14.8. The van der Waals surface area contributed by atoms with Gasteiger partial charge in [-0.15, -0.1) is 0 Å². The molecule has 21 heavy (non-hydrogen) atoms. The molecule has 3 rings (SSSR count). The van der Waals surface area contributed by atoms with E-state index >= 15 is 0 Å². The van der Waals surface area contributed by atoms with Crippen LogP contribution in [0.3, 0.4) is 0 Å². The Bertz CT molecular complexity index is 520. The van der Waals surface area contributed by atoms with Crippen molar-refractivity contribution in [2.75, 3.05) is 26.7 Å². The van der Waals surface area contributed by atoms with Gasteiger partial charge in [0.25, 0.3) is 0 Å². The maximum Gasteiger partial charge on any atom is 0.354 e. The van der Waals surface area contributed by atoms with Crippen molar-refractivity contribution in [3.8, 4) is 0 Å². The molecular weight excluding hydrogens is 266 g/mol. The topological polar surface area (TPSA) is 56.7 Å². The minimum absolute atomic E-state index is 0.195. The molecule has 2 aliphatic rings. The number of piperidine rings is 2. The van der Waals surface area contributed by atoms with Crippen LogP contribution in [0.4, 0.5) is 0 Å². The molecule has 1 aromatic heterocycles. The smallest absolute Gasteiger partial charge is 0.354 e. The maximum atomic E-state index is 11.2. The van der Waals surface area contributed by atoms with Crippen LogP contribution in [0.2, 0.25) is 0 Å². The average molecular weight is 289 g/mol. The van der Waals surface area contributed by atoms with Crippen molar-refractivity contribution in [2.24, 2.45) is 5.92 Å². The number of aromatic carboxylic acids is 1. The highest BCUT2D eigenvalue weighted by Gasteiger charge is 2.34. The van der Waals surface area contributed by atoms with Crippen molar-refractivity contribution in [1.82, 2.24) is 14.8 Å². The second-order valence-corrected chi connectivity index (χ2v) is 6.29. The molecule has 0 aromatic carbocycles. The van der Waals surface area contributed by atoms with Gasteiger partial charge in [-0.25, -0.2) is 9.78 Å². The largest absolute Gasteiger partial charge is 0.477 e. The van der Waals surface area contributed by atoms with Gasteiger partial charge in [-0.1, -0.05) is 6.07 Å². The third kappa shape index (κ3) is 3.09. The van der Waals surface area contributed by atoms with E-state index in [0.717, 1.165) is 24.6 Å². The van der Waals surface area contributed by atoms with Crippen molar-refractivity contribution in [1.29, 1.82) is 0 Å². The van der Waals surface area contributed by atoms with Gasteiger partial charge in [-0.3, -0.25) is 4.90 Å². The third-order valence-corrected chi connectivity index (χ3v) is 4.92. The van der Waals surface area contributed by atoms with Crippen molar-refractivity contribution in [3.63, 3.8) is 0 Å². The summed E-state index contributed by atoms with van der Waals surface area (Å²) in [6, 6.07) is 4.42. The molecule has 2 atom stereocenters. The highest BCUT2D eigenvalue weighted by atomic mass is 16.4. The van der Waals surface area contributed by atoms with Crippen molar-refractivity contribution >= 4 is 5.97 Å². The lowest BCUT2D eigenvalue weighted by Gasteiger charge is -2.46. The number of carboxylic acids is 1. The molecule has 0 amide bonds. The first kappa shape index (κ1) is 14.5. The van der Waals surface area contributed by atoms with Gasteiger partial charge in [0.15, 0.2) is 5.69 Å². The van der Waals surface area contributed by atoms with E-state index in [2.05, 4.69) is 21.8 Å². The van der Waals surface area contributed by atoms with Crippen LogP contribution in [0.25, 0.3) is 0 Å². The lowest BCUT2D eigenvalue weighted by Crippen LogP contribution is -2.52. The van der Waals surface area contributed by atoms with Gasteiger partial charge in [0.1, 0.15) is 0 Å². The lowest BCUT2D eigenvalue weighted by atomic mass is 9.84. The van der Waals surface area contributed by atoms with Crippen LogP contribution in [-0.4, -0.2) is 58.6 Å². The van der Waals surface area contributed by atoms with Gasteiger partial charge >= 0.3 is 5.97 Å². The van der Waals surface area contributed by atoms with Crippen LogP contribution in [0.1, 0.15) is 35.3 Å². The fourth-order valence-electron chi connectivity index (χ4n) is 3.87. The monoisotopic (exact) mass is 289 g/mol. The van der Waals surface area contributed by atoms with E-state index in [0.29, 0.717) is 12.6 Å². The summed E-state index contributed by atoms with van der Waals surface area (Å²) in [6.07, 6.45) is 5.31. The Morgan fingerprint density at radius 1 is 1.43 bits per heavy atom. The number of carboxylic acid groups (broad SMARTS) is 1. The van der Waals surface area contributed by atoms with E-state index in [1.807, 2.05) is 12.1 Å². The van der Waals surface area contributed by atoms with E-state index < -0.39 is 5.97 Å². The molecule has 0 aliphatic carbocycles. The Hall–Kier alpha value is -1.46. The summed E-state index contributed by atoms with van der Waals surface area (Å²) in [5, 5.41) is 9.23. The number of hydrogen-bond acceptors (Lipinski definition) is 4. The molecule has 2 fully saturated rings. The molecule has 1 N–H and O–H groups in total. The molecule has 0 spiro atoms. The average Bonchev–Trinajstić information content (AvgIpc) is 2.48. The predicted octanol–water partition coefficient (Wildman–Crippen LogP) is 1.70. The fourth-order valence-corrected chi connectivity index (χ4v) is 3.87. The number of likely N-dealkylation sites (tertiary alicyclic amines) is 2. The molecule has 0 radical (unpaired) electrons. The maximum absolute atomic E-state index is 11.2. The van der Waals surface area contributed by atoms with Crippen LogP contribution in [0.5, 0.6) is 0 Å². The third-order valence-electron chi connectivity index (χ3n) is 4.92. The lowest BCUT2D eigenvalue weighted by molar-refractivity contribution is 0.0351. The molecule has 2 saturated heterocycles. The zero-order valence-corrected chi connectivity index (χ0v) is 12.5. The number of fused-ring (bicyclic) bond motifs is 1. The minimum Gasteiger partial charge on any atom is -0.477 e. The summed E-state index contributed by atoms with van der Waals surface area (Å²) in [7, 11) is 2.23. The number of nitrogens with zero attached hydrogens (tertiary/aromatic N) is 3. The summed E-state index contributed by atoms with van der Waals surface area (Å²) in [6.45, 7) is 4.03. The molecule has 2 aliphatic heterocycles. The van der Waals surface area contributed by atoms with Gasteiger partial charge in [-0.2, -0.15) is 0 Å². The minimum atomic E-state index is -0.933. The molecule has 3 heterocycles.